The Hall–Kier alpha value is -2.77. The van der Waals surface area contributed by atoms with E-state index in [0.717, 1.165) is 0 Å². The molecule has 0 spiro atoms. The highest BCUT2D eigenvalue weighted by atomic mass is 35.5. The summed E-state index contributed by atoms with van der Waals surface area (Å²) in [6, 6.07) is 8.31. The molecule has 0 saturated heterocycles. The van der Waals surface area contributed by atoms with Crippen molar-refractivity contribution in [2.24, 2.45) is 0 Å². The Kier molecular flexibility index (Phi) is 8.76. The van der Waals surface area contributed by atoms with Gasteiger partial charge in [0.15, 0.2) is 0 Å². The lowest BCUT2D eigenvalue weighted by molar-refractivity contribution is -0.134. The molecule has 0 aliphatic rings. The first-order valence-electron chi connectivity index (χ1n) is 8.91. The highest BCUT2D eigenvalue weighted by molar-refractivity contribution is 6.39. The van der Waals surface area contributed by atoms with Crippen LogP contribution in [0.25, 0.3) is 6.08 Å². The summed E-state index contributed by atoms with van der Waals surface area (Å²) in [5, 5.41) is 5.85. The van der Waals surface area contributed by atoms with Gasteiger partial charge in [0.1, 0.15) is 5.76 Å². The molecule has 0 radical (unpaired) electrons. The van der Waals surface area contributed by atoms with Crippen LogP contribution in [0.15, 0.2) is 47.1 Å². The Bertz CT molecular complexity index is 862. The van der Waals surface area contributed by atoms with Crippen LogP contribution in [0.1, 0.15) is 19.1 Å². The van der Waals surface area contributed by atoms with E-state index < -0.39 is 5.91 Å². The van der Waals surface area contributed by atoms with Crippen molar-refractivity contribution in [3.8, 4) is 0 Å². The van der Waals surface area contributed by atoms with Crippen molar-refractivity contribution in [3.05, 3.63) is 58.5 Å². The third kappa shape index (κ3) is 7.29. The predicted molar refractivity (Wildman–Crippen MR) is 113 cm³/mol. The van der Waals surface area contributed by atoms with E-state index in [1.54, 1.807) is 37.3 Å². The second kappa shape index (κ2) is 11.3. The third-order valence-corrected chi connectivity index (χ3v) is 4.51. The van der Waals surface area contributed by atoms with Crippen molar-refractivity contribution in [2.75, 3.05) is 25.0 Å². The number of anilines is 1. The summed E-state index contributed by atoms with van der Waals surface area (Å²) in [7, 11) is 0. The molecule has 1 aromatic carbocycles. The Balaban J connectivity index is 1.79. The summed E-state index contributed by atoms with van der Waals surface area (Å²) in [5.41, 5.74) is 0.306. The van der Waals surface area contributed by atoms with E-state index in [1.807, 2.05) is 0 Å². The van der Waals surface area contributed by atoms with E-state index in [-0.39, 0.29) is 31.3 Å². The van der Waals surface area contributed by atoms with Gasteiger partial charge >= 0.3 is 0 Å². The lowest BCUT2D eigenvalue weighted by atomic mass is 10.3. The van der Waals surface area contributed by atoms with E-state index in [4.69, 9.17) is 27.6 Å². The summed E-state index contributed by atoms with van der Waals surface area (Å²) < 4.78 is 5.08. The highest BCUT2D eigenvalue weighted by Crippen LogP contribution is 2.29. The Morgan fingerprint density at radius 2 is 1.86 bits per heavy atom. The van der Waals surface area contributed by atoms with Gasteiger partial charge in [0.25, 0.3) is 0 Å². The first kappa shape index (κ1) is 22.5. The number of halogens is 2. The number of likely N-dealkylation sites (N-methyl/N-ethyl adjacent to an activating group) is 1. The molecule has 9 heteroatoms. The zero-order valence-corrected chi connectivity index (χ0v) is 17.3. The van der Waals surface area contributed by atoms with Crippen LogP contribution in [-0.2, 0) is 14.4 Å². The average Bonchev–Trinajstić information content (AvgIpc) is 3.21. The minimum atomic E-state index is -0.416. The van der Waals surface area contributed by atoms with Crippen molar-refractivity contribution in [1.82, 2.24) is 10.2 Å². The molecule has 1 heterocycles. The second-order valence-corrected chi connectivity index (χ2v) is 6.76. The molecule has 0 fully saturated rings. The molecule has 2 aromatic rings. The molecule has 1 aromatic heterocycles. The second-order valence-electron chi connectivity index (χ2n) is 5.94. The molecule has 3 amide bonds. The molecule has 0 unspecified atom stereocenters. The van der Waals surface area contributed by atoms with Crippen LogP contribution >= 0.6 is 23.2 Å². The van der Waals surface area contributed by atoms with Crippen molar-refractivity contribution in [3.63, 3.8) is 0 Å². The van der Waals surface area contributed by atoms with Crippen LogP contribution in [0, 0.1) is 0 Å². The Morgan fingerprint density at radius 1 is 1.14 bits per heavy atom. The molecule has 0 atom stereocenters. The number of rotatable bonds is 9. The molecule has 0 bridgehead atoms. The lowest BCUT2D eigenvalue weighted by Gasteiger charge is -2.21. The zero-order chi connectivity index (χ0) is 21.2. The maximum atomic E-state index is 12.3. The van der Waals surface area contributed by atoms with Crippen molar-refractivity contribution in [2.45, 2.75) is 13.3 Å². The maximum absolute atomic E-state index is 12.3. The largest absolute Gasteiger partial charge is 0.465 e. The van der Waals surface area contributed by atoms with Crippen molar-refractivity contribution < 1.29 is 18.8 Å². The number of amides is 3. The zero-order valence-electron chi connectivity index (χ0n) is 15.8. The van der Waals surface area contributed by atoms with Crippen LogP contribution in [0.5, 0.6) is 0 Å². The number of hydrogen-bond donors (Lipinski definition) is 2. The van der Waals surface area contributed by atoms with E-state index in [1.165, 1.54) is 23.3 Å². The molecule has 0 aliphatic carbocycles. The number of nitrogens with one attached hydrogen (secondary N) is 2. The van der Waals surface area contributed by atoms with Gasteiger partial charge in [-0.25, -0.2) is 0 Å². The molecule has 2 N–H and O–H groups in total. The molecule has 154 valence electrons. The van der Waals surface area contributed by atoms with E-state index >= 15 is 0 Å². The number of furan rings is 1. The fourth-order valence-electron chi connectivity index (χ4n) is 2.40. The van der Waals surface area contributed by atoms with Crippen LogP contribution < -0.4 is 10.6 Å². The fourth-order valence-corrected chi connectivity index (χ4v) is 2.89. The van der Waals surface area contributed by atoms with Crippen molar-refractivity contribution in [1.29, 1.82) is 0 Å². The number of nitrogens with zero attached hydrogens (tertiary/aromatic N) is 1. The van der Waals surface area contributed by atoms with Crippen LogP contribution in [-0.4, -0.2) is 42.3 Å². The smallest absolute Gasteiger partial charge is 0.244 e. The van der Waals surface area contributed by atoms with E-state index in [0.29, 0.717) is 28.0 Å². The first-order valence-corrected chi connectivity index (χ1v) is 9.67. The molecule has 7 nitrogen and oxygen atoms in total. The van der Waals surface area contributed by atoms with Gasteiger partial charge in [-0.3, -0.25) is 14.4 Å². The quantitative estimate of drug-likeness (QED) is 0.586. The van der Waals surface area contributed by atoms with Crippen molar-refractivity contribution >= 4 is 52.7 Å². The maximum Gasteiger partial charge on any atom is 0.244 e. The molecular formula is C20H21Cl2N3O4. The number of carbonyl (C=O) groups excluding carboxylic acids is 3. The third-order valence-electron chi connectivity index (χ3n) is 3.88. The van der Waals surface area contributed by atoms with Crippen LogP contribution in [0.4, 0.5) is 5.69 Å². The topological polar surface area (TPSA) is 91.7 Å². The number of benzene rings is 1. The minimum absolute atomic E-state index is 0.0638. The molecule has 29 heavy (non-hydrogen) atoms. The summed E-state index contributed by atoms with van der Waals surface area (Å²) in [4.78, 5) is 37.7. The van der Waals surface area contributed by atoms with E-state index in [2.05, 4.69) is 10.6 Å². The van der Waals surface area contributed by atoms with Gasteiger partial charge < -0.3 is 20.0 Å². The molecule has 0 saturated carbocycles. The van der Waals surface area contributed by atoms with Gasteiger partial charge in [0.2, 0.25) is 17.7 Å². The summed E-state index contributed by atoms with van der Waals surface area (Å²) in [5.74, 6) is -0.467. The van der Waals surface area contributed by atoms with Gasteiger partial charge in [-0.1, -0.05) is 29.3 Å². The monoisotopic (exact) mass is 437 g/mol. The summed E-state index contributed by atoms with van der Waals surface area (Å²) >= 11 is 12.1. The SMILES string of the molecule is CCN(CC(=O)Nc1c(Cl)cccc1Cl)C(=O)CCNC(=O)C=Cc1ccco1. The Labute approximate surface area is 178 Å². The van der Waals surface area contributed by atoms with Crippen LogP contribution in [0.3, 0.4) is 0 Å². The van der Waals surface area contributed by atoms with Gasteiger partial charge in [-0.2, -0.15) is 0 Å². The summed E-state index contributed by atoms with van der Waals surface area (Å²) in [6.07, 6.45) is 4.42. The Morgan fingerprint density at radius 3 is 2.48 bits per heavy atom. The fraction of sp³-hybridized carbons (Fsp3) is 0.250. The number of carbonyl (C=O) groups is 3. The predicted octanol–water partition coefficient (Wildman–Crippen LogP) is 3.59. The number of hydrogen-bond acceptors (Lipinski definition) is 4. The molecule has 0 aliphatic heterocycles. The van der Waals surface area contributed by atoms with Gasteiger partial charge in [0.05, 0.1) is 28.5 Å². The van der Waals surface area contributed by atoms with Gasteiger partial charge in [-0.05, 0) is 37.3 Å². The normalized spacial score (nSPS) is 10.7. The average molecular weight is 438 g/mol. The highest BCUT2D eigenvalue weighted by Gasteiger charge is 2.17. The summed E-state index contributed by atoms with van der Waals surface area (Å²) in [6.45, 7) is 2.10. The number of para-hydroxylation sites is 1. The molecule has 2 rings (SSSR count). The van der Waals surface area contributed by atoms with Gasteiger partial charge in [-0.15, -0.1) is 0 Å². The van der Waals surface area contributed by atoms with Crippen LogP contribution in [0.2, 0.25) is 10.0 Å². The van der Waals surface area contributed by atoms with Gasteiger partial charge in [0, 0.05) is 25.6 Å². The first-order chi connectivity index (χ1) is 13.9. The van der Waals surface area contributed by atoms with E-state index in [9.17, 15) is 14.4 Å². The minimum Gasteiger partial charge on any atom is -0.465 e. The standard InChI is InChI=1S/C20H21Cl2N3O4/c1-2-25(13-18(27)24-20-15(21)6-3-7-16(20)22)19(28)10-11-23-17(26)9-8-14-5-4-12-29-14/h3-9,12H,2,10-11,13H2,1H3,(H,23,26)(H,24,27). The lowest BCUT2D eigenvalue weighted by Crippen LogP contribution is -2.39. The molecular weight excluding hydrogens is 417 g/mol.